The summed E-state index contributed by atoms with van der Waals surface area (Å²) in [5.74, 6) is 0.608. The topological polar surface area (TPSA) is 59.1 Å². The average molecular weight is 352 g/mol. The Bertz CT molecular complexity index is 808. The Kier molecular flexibility index (Phi) is 4.48. The number of fused-ring (bicyclic) bond motifs is 3. The summed E-state index contributed by atoms with van der Waals surface area (Å²) in [4.78, 5) is 28.3. The monoisotopic (exact) mass is 352 g/mol. The van der Waals surface area contributed by atoms with Crippen LogP contribution in [0.1, 0.15) is 12.0 Å². The number of carbonyl (C=O) groups excluding carboxylic acids is 2. The van der Waals surface area contributed by atoms with Gasteiger partial charge in [0.15, 0.2) is 6.61 Å². The van der Waals surface area contributed by atoms with Crippen molar-refractivity contribution >= 4 is 17.7 Å². The molecule has 2 heterocycles. The number of carbonyl (C=O) groups is 2. The fraction of sp³-hybridized carbons (Fsp3) is 0.300. The van der Waals surface area contributed by atoms with Crippen LogP contribution in [0.3, 0.4) is 0 Å². The molecule has 1 atom stereocenters. The molecule has 2 aromatic carbocycles. The van der Waals surface area contributed by atoms with Gasteiger partial charge in [-0.3, -0.25) is 9.69 Å². The van der Waals surface area contributed by atoms with Gasteiger partial charge in [-0.25, -0.2) is 4.79 Å². The van der Waals surface area contributed by atoms with Gasteiger partial charge in [-0.15, -0.1) is 0 Å². The van der Waals surface area contributed by atoms with Crippen LogP contribution in [0.5, 0.6) is 5.75 Å². The first-order chi connectivity index (χ1) is 12.7. The lowest BCUT2D eigenvalue weighted by Crippen LogP contribution is -2.43. The van der Waals surface area contributed by atoms with Crippen LogP contribution < -0.4 is 9.64 Å². The van der Waals surface area contributed by atoms with Gasteiger partial charge in [-0.1, -0.05) is 36.4 Å². The lowest BCUT2D eigenvalue weighted by Gasteiger charge is -2.32. The van der Waals surface area contributed by atoms with Crippen molar-refractivity contribution < 1.29 is 19.1 Å². The highest BCUT2D eigenvalue weighted by atomic mass is 16.6. The number of anilines is 1. The maximum Gasteiger partial charge on any atom is 0.414 e. The summed E-state index contributed by atoms with van der Waals surface area (Å²) >= 11 is 0. The molecule has 6 nitrogen and oxygen atoms in total. The van der Waals surface area contributed by atoms with E-state index in [1.807, 2.05) is 54.6 Å². The zero-order chi connectivity index (χ0) is 17.9. The molecular weight excluding hydrogens is 332 g/mol. The first-order valence-electron chi connectivity index (χ1n) is 8.72. The van der Waals surface area contributed by atoms with E-state index in [4.69, 9.17) is 9.47 Å². The van der Waals surface area contributed by atoms with Gasteiger partial charge in [0, 0.05) is 13.1 Å². The Labute approximate surface area is 151 Å². The van der Waals surface area contributed by atoms with E-state index in [-0.39, 0.29) is 24.6 Å². The number of hydrogen-bond acceptors (Lipinski definition) is 4. The minimum absolute atomic E-state index is 0.00398. The highest BCUT2D eigenvalue weighted by molar-refractivity contribution is 5.91. The number of rotatable bonds is 3. The van der Waals surface area contributed by atoms with Crippen molar-refractivity contribution in [1.82, 2.24) is 4.90 Å². The molecule has 1 fully saturated rings. The molecule has 1 unspecified atom stereocenters. The number of hydrogen-bond donors (Lipinski definition) is 0. The maximum absolute atomic E-state index is 12.7. The zero-order valence-corrected chi connectivity index (χ0v) is 14.3. The molecule has 4 rings (SSSR count). The van der Waals surface area contributed by atoms with E-state index < -0.39 is 0 Å². The van der Waals surface area contributed by atoms with Crippen molar-refractivity contribution in [2.24, 2.45) is 0 Å². The minimum atomic E-state index is -0.311. The SMILES string of the molecule is O=C(COc1ccccc1)N1CCC2COC(=O)N2c2ccccc2C1. The third kappa shape index (κ3) is 3.22. The Hall–Kier alpha value is -3.02. The molecule has 6 heteroatoms. The van der Waals surface area contributed by atoms with E-state index in [1.54, 1.807) is 9.80 Å². The average Bonchev–Trinajstić information content (AvgIpc) is 3.02. The smallest absolute Gasteiger partial charge is 0.414 e. The largest absolute Gasteiger partial charge is 0.484 e. The Morgan fingerprint density at radius 3 is 2.73 bits per heavy atom. The van der Waals surface area contributed by atoms with E-state index in [0.717, 1.165) is 11.3 Å². The molecular formula is C20H20N2O4. The summed E-state index contributed by atoms with van der Waals surface area (Å²) in [5.41, 5.74) is 1.76. The van der Waals surface area contributed by atoms with E-state index in [9.17, 15) is 9.59 Å². The number of amides is 2. The van der Waals surface area contributed by atoms with Crippen molar-refractivity contribution in [2.45, 2.75) is 19.0 Å². The van der Waals surface area contributed by atoms with Crippen LogP contribution in [0, 0.1) is 0 Å². The molecule has 1 saturated heterocycles. The number of para-hydroxylation sites is 2. The number of cyclic esters (lactones) is 1. The van der Waals surface area contributed by atoms with Crippen LogP contribution in [0.25, 0.3) is 0 Å². The van der Waals surface area contributed by atoms with Crippen molar-refractivity contribution in [1.29, 1.82) is 0 Å². The van der Waals surface area contributed by atoms with E-state index >= 15 is 0 Å². The van der Waals surface area contributed by atoms with Crippen LogP contribution in [-0.4, -0.2) is 42.7 Å². The first kappa shape index (κ1) is 16.4. The van der Waals surface area contributed by atoms with E-state index in [2.05, 4.69) is 0 Å². The fourth-order valence-corrected chi connectivity index (χ4v) is 3.40. The van der Waals surface area contributed by atoms with E-state index in [0.29, 0.717) is 31.9 Å². The molecule has 0 aromatic heterocycles. The third-order valence-electron chi connectivity index (χ3n) is 4.76. The van der Waals surface area contributed by atoms with Crippen LogP contribution in [-0.2, 0) is 16.1 Å². The molecule has 0 N–H and O–H groups in total. The van der Waals surface area contributed by atoms with Crippen LogP contribution in [0.2, 0.25) is 0 Å². The summed E-state index contributed by atoms with van der Waals surface area (Å²) in [6.07, 6.45) is 0.367. The summed E-state index contributed by atoms with van der Waals surface area (Å²) in [7, 11) is 0. The van der Waals surface area contributed by atoms with E-state index in [1.165, 1.54) is 0 Å². The molecule has 0 aliphatic carbocycles. The number of nitrogens with zero attached hydrogens (tertiary/aromatic N) is 2. The number of ether oxygens (including phenoxy) is 2. The summed E-state index contributed by atoms with van der Waals surface area (Å²) in [6, 6.07) is 16.9. The molecule has 2 aliphatic heterocycles. The van der Waals surface area contributed by atoms with Gasteiger partial charge in [0.2, 0.25) is 0 Å². The molecule has 0 radical (unpaired) electrons. The van der Waals surface area contributed by atoms with Gasteiger partial charge < -0.3 is 14.4 Å². The second-order valence-electron chi connectivity index (χ2n) is 6.44. The third-order valence-corrected chi connectivity index (χ3v) is 4.76. The highest BCUT2D eigenvalue weighted by Gasteiger charge is 2.37. The van der Waals surface area contributed by atoms with Gasteiger partial charge in [-0.2, -0.15) is 0 Å². The molecule has 2 amide bonds. The fourth-order valence-electron chi connectivity index (χ4n) is 3.40. The Morgan fingerprint density at radius 1 is 1.12 bits per heavy atom. The Balaban J connectivity index is 1.52. The van der Waals surface area contributed by atoms with Gasteiger partial charge >= 0.3 is 6.09 Å². The van der Waals surface area contributed by atoms with Crippen molar-refractivity contribution in [3.63, 3.8) is 0 Å². The second kappa shape index (κ2) is 7.07. The first-order valence-corrected chi connectivity index (χ1v) is 8.72. The molecule has 2 aliphatic rings. The van der Waals surface area contributed by atoms with Crippen molar-refractivity contribution in [2.75, 3.05) is 24.7 Å². The Morgan fingerprint density at radius 2 is 1.88 bits per heavy atom. The van der Waals surface area contributed by atoms with Gasteiger partial charge in [0.25, 0.3) is 5.91 Å². The van der Waals surface area contributed by atoms with Crippen molar-refractivity contribution in [3.8, 4) is 5.75 Å². The molecule has 26 heavy (non-hydrogen) atoms. The molecule has 0 saturated carbocycles. The van der Waals surface area contributed by atoms with Crippen LogP contribution >= 0.6 is 0 Å². The lowest BCUT2D eigenvalue weighted by molar-refractivity contribution is -0.134. The normalized spacial score (nSPS) is 19.1. The molecule has 0 bridgehead atoms. The van der Waals surface area contributed by atoms with Gasteiger partial charge in [-0.05, 0) is 30.2 Å². The summed E-state index contributed by atoms with van der Waals surface area (Å²) in [6.45, 7) is 1.36. The standard InChI is InChI=1S/C20H20N2O4/c23-19(14-25-17-7-2-1-3-8-17)21-11-10-16-13-26-20(24)22(16)18-9-5-4-6-15(18)12-21/h1-9,16H,10-14H2. The predicted octanol–water partition coefficient (Wildman–Crippen LogP) is 2.82. The molecule has 134 valence electrons. The van der Waals surface area contributed by atoms with Crippen LogP contribution in [0.4, 0.5) is 10.5 Å². The summed E-state index contributed by atoms with van der Waals surface area (Å²) < 4.78 is 10.8. The predicted molar refractivity (Wildman–Crippen MR) is 96.0 cm³/mol. The van der Waals surface area contributed by atoms with Gasteiger partial charge in [0.05, 0.1) is 11.7 Å². The lowest BCUT2D eigenvalue weighted by atomic mass is 10.1. The quantitative estimate of drug-likeness (QED) is 0.852. The highest BCUT2D eigenvalue weighted by Crippen LogP contribution is 2.31. The number of benzene rings is 2. The molecule has 0 spiro atoms. The molecule has 2 aromatic rings. The van der Waals surface area contributed by atoms with Crippen LogP contribution in [0.15, 0.2) is 54.6 Å². The zero-order valence-electron chi connectivity index (χ0n) is 14.3. The maximum atomic E-state index is 12.7. The second-order valence-corrected chi connectivity index (χ2v) is 6.44. The van der Waals surface area contributed by atoms with Gasteiger partial charge in [0.1, 0.15) is 12.4 Å². The minimum Gasteiger partial charge on any atom is -0.484 e. The van der Waals surface area contributed by atoms with Crippen molar-refractivity contribution in [3.05, 3.63) is 60.2 Å². The summed E-state index contributed by atoms with van der Waals surface area (Å²) in [5, 5.41) is 0.